The Hall–Kier alpha value is -0.510. The first-order valence-corrected chi connectivity index (χ1v) is 7.85. The Morgan fingerprint density at radius 1 is 1.05 bits per heavy atom. The third-order valence-corrected chi connectivity index (χ3v) is 4.24. The van der Waals surface area contributed by atoms with E-state index >= 15 is 0 Å². The maximum atomic E-state index is 6.11. The molecule has 0 atom stereocenters. The fraction of sp³-hybridized carbons (Fsp3) is 0.500. The van der Waals surface area contributed by atoms with Crippen LogP contribution in [0.5, 0.6) is 0 Å². The lowest BCUT2D eigenvalue weighted by molar-refractivity contribution is 0.535. The smallest absolute Gasteiger partial charge is 0.171 e. The number of halogens is 2. The van der Waals surface area contributed by atoms with E-state index in [1.54, 1.807) is 12.1 Å². The van der Waals surface area contributed by atoms with Crippen molar-refractivity contribution >= 4 is 46.2 Å². The Morgan fingerprint density at radius 3 is 2.21 bits per heavy atom. The minimum Gasteiger partial charge on any atom is -0.360 e. The van der Waals surface area contributed by atoms with Gasteiger partial charge in [0, 0.05) is 6.04 Å². The lowest BCUT2D eigenvalue weighted by Crippen LogP contribution is -2.37. The number of thiocarbonyl (C=S) groups is 1. The summed E-state index contributed by atoms with van der Waals surface area (Å²) in [5, 5.41) is 8.23. The van der Waals surface area contributed by atoms with E-state index in [0.29, 0.717) is 26.9 Å². The van der Waals surface area contributed by atoms with Crippen LogP contribution in [0.1, 0.15) is 38.5 Å². The second-order valence-electron chi connectivity index (χ2n) is 4.88. The van der Waals surface area contributed by atoms with Crippen molar-refractivity contribution < 1.29 is 0 Å². The Balaban J connectivity index is 1.93. The van der Waals surface area contributed by atoms with Gasteiger partial charge in [0.2, 0.25) is 0 Å². The molecule has 1 aromatic carbocycles. The molecule has 0 bridgehead atoms. The minimum absolute atomic E-state index is 0.462. The molecule has 0 saturated heterocycles. The average molecular weight is 317 g/mol. The van der Waals surface area contributed by atoms with Gasteiger partial charge in [0.1, 0.15) is 0 Å². The quantitative estimate of drug-likeness (QED) is 0.593. The van der Waals surface area contributed by atoms with Crippen molar-refractivity contribution in [3.8, 4) is 0 Å². The number of hydrogen-bond donors (Lipinski definition) is 2. The molecule has 104 valence electrons. The molecule has 1 fully saturated rings. The first-order valence-electron chi connectivity index (χ1n) is 6.68. The third-order valence-electron chi connectivity index (χ3n) is 3.39. The van der Waals surface area contributed by atoms with Gasteiger partial charge in [0.15, 0.2) is 5.11 Å². The second kappa shape index (κ2) is 7.32. The molecule has 0 aliphatic heterocycles. The van der Waals surface area contributed by atoms with Gasteiger partial charge in [-0.05, 0) is 37.2 Å². The molecule has 0 radical (unpaired) electrons. The molecule has 0 spiro atoms. The fourth-order valence-corrected chi connectivity index (χ4v) is 3.14. The first kappa shape index (κ1) is 14.9. The highest BCUT2D eigenvalue weighted by Gasteiger charge is 2.14. The van der Waals surface area contributed by atoms with E-state index in [0.717, 1.165) is 0 Å². The fourth-order valence-electron chi connectivity index (χ4n) is 2.38. The zero-order valence-corrected chi connectivity index (χ0v) is 13.0. The summed E-state index contributed by atoms with van der Waals surface area (Å²) in [6.45, 7) is 0. The van der Waals surface area contributed by atoms with Gasteiger partial charge in [-0.15, -0.1) is 0 Å². The summed E-state index contributed by atoms with van der Waals surface area (Å²) in [5.74, 6) is 0. The lowest BCUT2D eigenvalue weighted by atomic mass is 10.1. The van der Waals surface area contributed by atoms with Crippen molar-refractivity contribution in [2.24, 2.45) is 0 Å². The molecule has 19 heavy (non-hydrogen) atoms. The van der Waals surface area contributed by atoms with Crippen LogP contribution in [0.2, 0.25) is 10.0 Å². The van der Waals surface area contributed by atoms with Crippen molar-refractivity contribution in [2.45, 2.75) is 44.6 Å². The molecule has 0 aromatic heterocycles. The van der Waals surface area contributed by atoms with Crippen molar-refractivity contribution in [2.75, 3.05) is 5.32 Å². The molecule has 0 heterocycles. The molecule has 2 nitrogen and oxygen atoms in total. The Morgan fingerprint density at radius 2 is 1.63 bits per heavy atom. The Kier molecular flexibility index (Phi) is 5.74. The van der Waals surface area contributed by atoms with Crippen LogP contribution < -0.4 is 10.6 Å². The molecule has 1 aromatic rings. The number of nitrogens with one attached hydrogen (secondary N) is 2. The molecular weight excluding hydrogens is 299 g/mol. The molecule has 1 aliphatic rings. The highest BCUT2D eigenvalue weighted by atomic mass is 35.5. The van der Waals surface area contributed by atoms with Gasteiger partial charge in [-0.3, -0.25) is 0 Å². The molecular formula is C14H18Cl2N2S. The van der Waals surface area contributed by atoms with Crippen LogP contribution >= 0.6 is 35.4 Å². The zero-order chi connectivity index (χ0) is 13.7. The average Bonchev–Trinajstić information content (AvgIpc) is 2.63. The minimum atomic E-state index is 0.462. The molecule has 2 rings (SSSR count). The first-order chi connectivity index (χ1) is 9.16. The summed E-state index contributed by atoms with van der Waals surface area (Å²) in [5.41, 5.74) is 0.678. The van der Waals surface area contributed by atoms with Crippen molar-refractivity contribution in [1.29, 1.82) is 0 Å². The van der Waals surface area contributed by atoms with E-state index in [2.05, 4.69) is 10.6 Å². The predicted octanol–water partition coefficient (Wildman–Crippen LogP) is 5.00. The molecule has 1 aliphatic carbocycles. The van der Waals surface area contributed by atoms with E-state index in [9.17, 15) is 0 Å². The van der Waals surface area contributed by atoms with Gasteiger partial charge < -0.3 is 10.6 Å². The van der Waals surface area contributed by atoms with Crippen LogP contribution in [0.25, 0.3) is 0 Å². The Bertz CT molecular complexity index is 423. The van der Waals surface area contributed by atoms with Crippen LogP contribution in [0, 0.1) is 0 Å². The summed E-state index contributed by atoms with van der Waals surface area (Å²) in [6, 6.07) is 5.87. The lowest BCUT2D eigenvalue weighted by Gasteiger charge is -2.19. The maximum Gasteiger partial charge on any atom is 0.171 e. The SMILES string of the molecule is S=C(Nc1c(Cl)cccc1Cl)NC1CCCCCC1. The van der Waals surface area contributed by atoms with Crippen LogP contribution in [0.4, 0.5) is 5.69 Å². The second-order valence-corrected chi connectivity index (χ2v) is 6.11. The van der Waals surface area contributed by atoms with E-state index in [1.807, 2.05) is 6.07 Å². The molecule has 0 unspecified atom stereocenters. The van der Waals surface area contributed by atoms with E-state index in [-0.39, 0.29) is 0 Å². The maximum absolute atomic E-state index is 6.11. The van der Waals surface area contributed by atoms with Crippen molar-refractivity contribution in [1.82, 2.24) is 5.32 Å². The predicted molar refractivity (Wildman–Crippen MR) is 87.3 cm³/mol. The van der Waals surface area contributed by atoms with E-state index in [1.165, 1.54) is 38.5 Å². The Labute approximate surface area is 129 Å². The normalized spacial score (nSPS) is 16.7. The van der Waals surface area contributed by atoms with Gasteiger partial charge in [0.25, 0.3) is 0 Å². The summed E-state index contributed by atoms with van der Waals surface area (Å²) >= 11 is 17.6. The zero-order valence-electron chi connectivity index (χ0n) is 10.7. The number of para-hydroxylation sites is 1. The number of benzene rings is 1. The largest absolute Gasteiger partial charge is 0.360 e. The van der Waals surface area contributed by atoms with Crippen LogP contribution in [-0.4, -0.2) is 11.2 Å². The van der Waals surface area contributed by atoms with E-state index in [4.69, 9.17) is 35.4 Å². The van der Waals surface area contributed by atoms with Gasteiger partial charge in [-0.2, -0.15) is 0 Å². The van der Waals surface area contributed by atoms with Gasteiger partial charge in [-0.25, -0.2) is 0 Å². The topological polar surface area (TPSA) is 24.1 Å². The molecule has 0 amide bonds. The van der Waals surface area contributed by atoms with Crippen molar-refractivity contribution in [3.05, 3.63) is 28.2 Å². The standard InChI is InChI=1S/C14H18Cl2N2S/c15-11-8-5-9-12(16)13(11)18-14(19)17-10-6-3-1-2-4-7-10/h5,8-10H,1-4,6-7H2,(H2,17,18,19). The third kappa shape index (κ3) is 4.51. The monoisotopic (exact) mass is 316 g/mol. The van der Waals surface area contributed by atoms with Crippen LogP contribution in [0.3, 0.4) is 0 Å². The van der Waals surface area contributed by atoms with Crippen LogP contribution in [-0.2, 0) is 0 Å². The summed E-state index contributed by atoms with van der Waals surface area (Å²) in [4.78, 5) is 0. The molecule has 5 heteroatoms. The summed E-state index contributed by atoms with van der Waals surface area (Å²) < 4.78 is 0. The highest BCUT2D eigenvalue weighted by Crippen LogP contribution is 2.29. The van der Waals surface area contributed by atoms with Gasteiger partial charge >= 0.3 is 0 Å². The number of anilines is 1. The van der Waals surface area contributed by atoms with E-state index < -0.39 is 0 Å². The highest BCUT2D eigenvalue weighted by molar-refractivity contribution is 7.80. The van der Waals surface area contributed by atoms with Gasteiger partial charge in [-0.1, -0.05) is 55.0 Å². The summed E-state index contributed by atoms with van der Waals surface area (Å²) in [7, 11) is 0. The number of hydrogen-bond acceptors (Lipinski definition) is 1. The summed E-state index contributed by atoms with van der Waals surface area (Å²) in [6.07, 6.45) is 7.56. The molecule has 1 saturated carbocycles. The number of rotatable bonds is 2. The molecule has 2 N–H and O–H groups in total. The van der Waals surface area contributed by atoms with Crippen molar-refractivity contribution in [3.63, 3.8) is 0 Å². The van der Waals surface area contributed by atoms with Crippen LogP contribution in [0.15, 0.2) is 18.2 Å². The van der Waals surface area contributed by atoms with Gasteiger partial charge in [0.05, 0.1) is 15.7 Å².